The van der Waals surface area contributed by atoms with Gasteiger partial charge in [-0.1, -0.05) is 41.9 Å². The van der Waals surface area contributed by atoms with E-state index in [2.05, 4.69) is 10.5 Å². The van der Waals surface area contributed by atoms with Gasteiger partial charge in [-0.15, -0.1) is 11.3 Å². The van der Waals surface area contributed by atoms with Crippen molar-refractivity contribution < 1.29 is 4.79 Å². The number of nitrogens with one attached hydrogen (secondary N) is 1. The van der Waals surface area contributed by atoms with E-state index in [1.54, 1.807) is 29.7 Å². The molecule has 3 rings (SSSR count). The minimum Gasteiger partial charge on any atom is -0.267 e. The molecule has 0 aliphatic rings. The van der Waals surface area contributed by atoms with Crippen molar-refractivity contribution in [3.8, 4) is 0 Å². The van der Waals surface area contributed by atoms with E-state index in [4.69, 9.17) is 11.6 Å². The van der Waals surface area contributed by atoms with Gasteiger partial charge in [0, 0.05) is 20.5 Å². The van der Waals surface area contributed by atoms with Crippen molar-refractivity contribution in [2.45, 2.75) is 0 Å². The zero-order chi connectivity index (χ0) is 14.7. The Morgan fingerprint density at radius 2 is 2.05 bits per heavy atom. The van der Waals surface area contributed by atoms with Crippen LogP contribution in [0.15, 0.2) is 59.0 Å². The van der Waals surface area contributed by atoms with E-state index in [1.807, 2.05) is 41.8 Å². The van der Waals surface area contributed by atoms with Crippen molar-refractivity contribution in [1.29, 1.82) is 0 Å². The third-order valence-corrected chi connectivity index (χ3v) is 4.15. The first-order chi connectivity index (χ1) is 10.2. The van der Waals surface area contributed by atoms with Gasteiger partial charge in [-0.25, -0.2) is 5.43 Å². The van der Waals surface area contributed by atoms with Crippen LogP contribution in [0.4, 0.5) is 0 Å². The van der Waals surface area contributed by atoms with Gasteiger partial charge in [0.2, 0.25) is 0 Å². The molecule has 104 valence electrons. The normalized spacial score (nSPS) is 11.1. The molecule has 0 bridgehead atoms. The predicted molar refractivity (Wildman–Crippen MR) is 88.3 cm³/mol. The van der Waals surface area contributed by atoms with Crippen LogP contribution in [0.25, 0.3) is 10.1 Å². The molecule has 1 aromatic heterocycles. The Balaban J connectivity index is 1.75. The van der Waals surface area contributed by atoms with Crippen LogP contribution in [0, 0.1) is 0 Å². The lowest BCUT2D eigenvalue weighted by Crippen LogP contribution is -2.17. The number of hydrazone groups is 1. The maximum Gasteiger partial charge on any atom is 0.272 e. The highest BCUT2D eigenvalue weighted by atomic mass is 35.5. The second-order valence-electron chi connectivity index (χ2n) is 4.40. The number of thiophene rings is 1. The Kier molecular flexibility index (Phi) is 3.99. The Hall–Kier alpha value is -2.17. The fraction of sp³-hybridized carbons (Fsp3) is 0. The highest BCUT2D eigenvalue weighted by Crippen LogP contribution is 2.25. The molecule has 0 spiro atoms. The number of rotatable bonds is 3. The van der Waals surface area contributed by atoms with Crippen LogP contribution >= 0.6 is 22.9 Å². The maximum atomic E-state index is 12.1. The molecule has 0 unspecified atom stereocenters. The SMILES string of the molecule is O=C(N/N=C\c1cccc(Cl)c1)c1csc2ccccc12. The van der Waals surface area contributed by atoms with Gasteiger partial charge >= 0.3 is 0 Å². The molecule has 5 heteroatoms. The van der Waals surface area contributed by atoms with Crippen molar-refractivity contribution in [2.24, 2.45) is 5.10 Å². The summed E-state index contributed by atoms with van der Waals surface area (Å²) in [7, 11) is 0. The zero-order valence-electron chi connectivity index (χ0n) is 10.9. The Morgan fingerprint density at radius 1 is 1.19 bits per heavy atom. The Morgan fingerprint density at radius 3 is 2.90 bits per heavy atom. The molecule has 21 heavy (non-hydrogen) atoms. The molecule has 1 heterocycles. The van der Waals surface area contributed by atoms with E-state index in [-0.39, 0.29) is 5.91 Å². The lowest BCUT2D eigenvalue weighted by atomic mass is 10.2. The van der Waals surface area contributed by atoms with E-state index in [9.17, 15) is 4.79 Å². The van der Waals surface area contributed by atoms with Crippen molar-refractivity contribution in [2.75, 3.05) is 0 Å². The highest BCUT2D eigenvalue weighted by molar-refractivity contribution is 7.17. The molecule has 0 aliphatic carbocycles. The molecule has 2 aromatic carbocycles. The van der Waals surface area contributed by atoms with Crippen molar-refractivity contribution in [3.63, 3.8) is 0 Å². The zero-order valence-corrected chi connectivity index (χ0v) is 12.5. The molecular weight excluding hydrogens is 304 g/mol. The van der Waals surface area contributed by atoms with Gasteiger partial charge < -0.3 is 0 Å². The molecule has 0 fully saturated rings. The van der Waals surface area contributed by atoms with Gasteiger partial charge in [0.1, 0.15) is 0 Å². The molecule has 3 nitrogen and oxygen atoms in total. The number of hydrogen-bond acceptors (Lipinski definition) is 3. The molecule has 0 aliphatic heterocycles. The molecule has 0 saturated carbocycles. The van der Waals surface area contributed by atoms with E-state index in [0.717, 1.165) is 15.6 Å². The number of carbonyl (C=O) groups excluding carboxylic acids is 1. The van der Waals surface area contributed by atoms with Crippen LogP contribution < -0.4 is 5.43 Å². The quantitative estimate of drug-likeness (QED) is 0.568. The number of amides is 1. The lowest BCUT2D eigenvalue weighted by molar-refractivity contribution is 0.0957. The first-order valence-electron chi connectivity index (χ1n) is 6.29. The second kappa shape index (κ2) is 6.08. The smallest absolute Gasteiger partial charge is 0.267 e. The predicted octanol–water partition coefficient (Wildman–Crippen LogP) is 4.32. The number of carbonyl (C=O) groups is 1. The summed E-state index contributed by atoms with van der Waals surface area (Å²) in [4.78, 5) is 12.1. The summed E-state index contributed by atoms with van der Waals surface area (Å²) >= 11 is 7.43. The fourth-order valence-electron chi connectivity index (χ4n) is 1.97. The van der Waals surface area contributed by atoms with Gasteiger partial charge in [0.05, 0.1) is 11.8 Å². The van der Waals surface area contributed by atoms with Crippen molar-refractivity contribution >= 4 is 45.1 Å². The third-order valence-electron chi connectivity index (χ3n) is 2.95. The number of fused-ring (bicyclic) bond motifs is 1. The van der Waals surface area contributed by atoms with E-state index in [0.29, 0.717) is 10.6 Å². The molecule has 1 N–H and O–H groups in total. The summed E-state index contributed by atoms with van der Waals surface area (Å²) in [5.74, 6) is -0.217. The van der Waals surface area contributed by atoms with Gasteiger partial charge in [0.15, 0.2) is 0 Å². The van der Waals surface area contributed by atoms with E-state index < -0.39 is 0 Å². The second-order valence-corrected chi connectivity index (χ2v) is 5.75. The minimum absolute atomic E-state index is 0.217. The van der Waals surface area contributed by atoms with Gasteiger partial charge in [-0.2, -0.15) is 5.10 Å². The lowest BCUT2D eigenvalue weighted by Gasteiger charge is -1.98. The monoisotopic (exact) mass is 314 g/mol. The summed E-state index contributed by atoms with van der Waals surface area (Å²) in [6.07, 6.45) is 1.57. The maximum absolute atomic E-state index is 12.1. The van der Waals surface area contributed by atoms with E-state index >= 15 is 0 Å². The molecule has 0 radical (unpaired) electrons. The average Bonchev–Trinajstić information content (AvgIpc) is 2.91. The molecule has 3 aromatic rings. The fourth-order valence-corrected chi connectivity index (χ4v) is 3.11. The van der Waals surface area contributed by atoms with Crippen LogP contribution in [-0.2, 0) is 0 Å². The summed E-state index contributed by atoms with van der Waals surface area (Å²) in [5, 5.41) is 7.39. The van der Waals surface area contributed by atoms with Crippen LogP contribution in [0.3, 0.4) is 0 Å². The van der Waals surface area contributed by atoms with Gasteiger partial charge in [0.25, 0.3) is 5.91 Å². The minimum atomic E-state index is -0.217. The Labute approximate surface area is 130 Å². The van der Waals surface area contributed by atoms with Crippen LogP contribution in [0.5, 0.6) is 0 Å². The van der Waals surface area contributed by atoms with Crippen molar-refractivity contribution in [1.82, 2.24) is 5.43 Å². The van der Waals surface area contributed by atoms with Gasteiger partial charge in [-0.05, 0) is 23.8 Å². The topological polar surface area (TPSA) is 41.5 Å². The molecule has 0 atom stereocenters. The number of benzene rings is 2. The van der Waals surface area contributed by atoms with Gasteiger partial charge in [-0.3, -0.25) is 4.79 Å². The number of halogens is 1. The summed E-state index contributed by atoms with van der Waals surface area (Å²) < 4.78 is 1.08. The largest absolute Gasteiger partial charge is 0.272 e. The molecule has 1 amide bonds. The summed E-state index contributed by atoms with van der Waals surface area (Å²) in [5.41, 5.74) is 4.01. The summed E-state index contributed by atoms with van der Waals surface area (Å²) in [6, 6.07) is 15.1. The molecular formula is C16H11ClN2OS. The summed E-state index contributed by atoms with van der Waals surface area (Å²) in [6.45, 7) is 0. The van der Waals surface area contributed by atoms with Crippen molar-refractivity contribution in [3.05, 3.63) is 70.1 Å². The molecule has 0 saturated heterocycles. The average molecular weight is 315 g/mol. The van der Waals surface area contributed by atoms with Crippen LogP contribution in [0.1, 0.15) is 15.9 Å². The standard InChI is InChI=1S/C16H11ClN2OS/c17-12-5-3-4-11(8-12)9-18-19-16(20)14-10-21-15-7-2-1-6-13(14)15/h1-10H,(H,19,20)/b18-9-. The van der Waals surface area contributed by atoms with Crippen LogP contribution in [-0.4, -0.2) is 12.1 Å². The van der Waals surface area contributed by atoms with E-state index in [1.165, 1.54) is 0 Å². The Bertz CT molecular complexity index is 826. The number of hydrogen-bond donors (Lipinski definition) is 1. The first kappa shape index (κ1) is 13.8. The number of nitrogens with zero attached hydrogens (tertiary/aromatic N) is 1. The van der Waals surface area contributed by atoms with Crippen LogP contribution in [0.2, 0.25) is 5.02 Å². The third kappa shape index (κ3) is 3.12. The highest BCUT2D eigenvalue weighted by Gasteiger charge is 2.10. The first-order valence-corrected chi connectivity index (χ1v) is 7.55.